The summed E-state index contributed by atoms with van der Waals surface area (Å²) in [5.41, 5.74) is 1.72. The third kappa shape index (κ3) is 5.54. The lowest BCUT2D eigenvalue weighted by Crippen LogP contribution is -1.95. The maximum absolute atomic E-state index is 10.3. The second kappa shape index (κ2) is 11.7. The first-order valence-corrected chi connectivity index (χ1v) is 10.6. The van der Waals surface area contributed by atoms with Crippen molar-refractivity contribution in [2.45, 2.75) is 0 Å². The van der Waals surface area contributed by atoms with Crippen molar-refractivity contribution in [3.8, 4) is 46.0 Å². The predicted molar refractivity (Wildman–Crippen MR) is 136 cm³/mol. The van der Waals surface area contributed by atoms with E-state index in [1.807, 2.05) is 0 Å². The number of aliphatic imine (C=N–C) groups is 2. The minimum Gasteiger partial charge on any atom is -0.507 e. The molecule has 3 rings (SSSR count). The van der Waals surface area contributed by atoms with Gasteiger partial charge in [0.2, 0.25) is 11.5 Å². The SMILES string of the molecule is COc1cc(N=Cc2cc(C=Nc3cc(OC)c(OC)c(OC)c3)c(O)cc2O)cc(OC)c1OC. The standard InChI is InChI=1S/C26H28N2O8/c1-31-21-8-17(9-22(32-2)25(21)35-5)27-13-15-7-16(20(30)12-19(15)29)14-28-18-10-23(33-3)26(36-6)24(11-18)34-4/h7-14,29-30H,1-6H3. The van der Waals surface area contributed by atoms with Crippen LogP contribution < -0.4 is 28.4 Å². The van der Waals surface area contributed by atoms with Gasteiger partial charge < -0.3 is 38.6 Å². The second-order valence-electron chi connectivity index (χ2n) is 7.25. The average Bonchev–Trinajstić information content (AvgIpc) is 2.90. The maximum Gasteiger partial charge on any atom is 0.203 e. The molecule has 0 aromatic heterocycles. The van der Waals surface area contributed by atoms with Gasteiger partial charge in [0.1, 0.15) is 11.5 Å². The van der Waals surface area contributed by atoms with Crippen LogP contribution in [0.2, 0.25) is 0 Å². The van der Waals surface area contributed by atoms with Crippen molar-refractivity contribution in [1.82, 2.24) is 0 Å². The van der Waals surface area contributed by atoms with E-state index in [9.17, 15) is 10.2 Å². The van der Waals surface area contributed by atoms with Gasteiger partial charge in [-0.25, -0.2) is 0 Å². The van der Waals surface area contributed by atoms with Gasteiger partial charge in [-0.15, -0.1) is 0 Å². The Morgan fingerprint density at radius 1 is 0.500 bits per heavy atom. The highest BCUT2D eigenvalue weighted by Crippen LogP contribution is 2.42. The quantitative estimate of drug-likeness (QED) is 0.389. The van der Waals surface area contributed by atoms with Gasteiger partial charge in [0, 0.05) is 53.9 Å². The molecule has 0 saturated heterocycles. The average molecular weight is 497 g/mol. The highest BCUT2D eigenvalue weighted by Gasteiger charge is 2.14. The van der Waals surface area contributed by atoms with Gasteiger partial charge in [0.15, 0.2) is 23.0 Å². The largest absolute Gasteiger partial charge is 0.507 e. The topological polar surface area (TPSA) is 121 Å². The van der Waals surface area contributed by atoms with Gasteiger partial charge in [-0.2, -0.15) is 0 Å². The minimum absolute atomic E-state index is 0.159. The number of aromatic hydroxyl groups is 2. The number of benzene rings is 3. The van der Waals surface area contributed by atoms with Gasteiger partial charge >= 0.3 is 0 Å². The number of hydrogen-bond acceptors (Lipinski definition) is 10. The van der Waals surface area contributed by atoms with Crippen molar-refractivity contribution in [3.05, 3.63) is 47.5 Å². The summed E-state index contributed by atoms with van der Waals surface area (Å²) in [5.74, 6) is 2.33. The lowest BCUT2D eigenvalue weighted by atomic mass is 10.1. The van der Waals surface area contributed by atoms with Crippen LogP contribution in [0.1, 0.15) is 11.1 Å². The Morgan fingerprint density at radius 3 is 1.11 bits per heavy atom. The number of phenols is 2. The molecule has 0 aliphatic rings. The molecule has 0 bridgehead atoms. The zero-order chi connectivity index (χ0) is 26.2. The molecule has 10 nitrogen and oxygen atoms in total. The summed E-state index contributed by atoms with van der Waals surface area (Å²) in [6.45, 7) is 0. The molecule has 36 heavy (non-hydrogen) atoms. The van der Waals surface area contributed by atoms with Crippen LogP contribution in [0.4, 0.5) is 11.4 Å². The molecular weight excluding hydrogens is 468 g/mol. The number of ether oxygens (including phenoxy) is 6. The van der Waals surface area contributed by atoms with Gasteiger partial charge in [-0.05, 0) is 6.07 Å². The van der Waals surface area contributed by atoms with Crippen LogP contribution in [-0.4, -0.2) is 65.3 Å². The van der Waals surface area contributed by atoms with E-state index in [0.29, 0.717) is 57.0 Å². The van der Waals surface area contributed by atoms with Crippen molar-refractivity contribution < 1.29 is 38.6 Å². The Hall–Kier alpha value is -4.60. The Balaban J connectivity index is 1.96. The molecule has 0 fully saturated rings. The van der Waals surface area contributed by atoms with Crippen molar-refractivity contribution >= 4 is 23.8 Å². The number of hydrogen-bond donors (Lipinski definition) is 2. The number of phenolic OH excluding ortho intramolecular Hbond substituents is 2. The molecule has 0 radical (unpaired) electrons. The Labute approximate surface area is 209 Å². The first kappa shape index (κ1) is 26.0. The van der Waals surface area contributed by atoms with Crippen LogP contribution in [0.25, 0.3) is 0 Å². The van der Waals surface area contributed by atoms with Gasteiger partial charge in [0.25, 0.3) is 0 Å². The lowest BCUT2D eigenvalue weighted by Gasteiger charge is -2.12. The normalized spacial score (nSPS) is 11.1. The molecule has 2 N–H and O–H groups in total. The van der Waals surface area contributed by atoms with Crippen molar-refractivity contribution in [2.24, 2.45) is 9.98 Å². The van der Waals surface area contributed by atoms with Crippen molar-refractivity contribution in [1.29, 1.82) is 0 Å². The third-order valence-corrected chi connectivity index (χ3v) is 5.18. The Kier molecular flexibility index (Phi) is 8.45. The summed E-state index contributed by atoms with van der Waals surface area (Å²) in [6.07, 6.45) is 2.90. The van der Waals surface area contributed by atoms with E-state index in [-0.39, 0.29) is 11.5 Å². The predicted octanol–water partition coefficient (Wildman–Crippen LogP) is 4.65. The lowest BCUT2D eigenvalue weighted by molar-refractivity contribution is 0.324. The number of rotatable bonds is 10. The molecule has 0 aliphatic heterocycles. The molecule has 0 amide bonds. The first-order chi connectivity index (χ1) is 17.4. The molecule has 0 unspecified atom stereocenters. The van der Waals surface area contributed by atoms with E-state index in [1.165, 1.54) is 61.2 Å². The van der Waals surface area contributed by atoms with Gasteiger partial charge in [0.05, 0.1) is 54.0 Å². The summed E-state index contributed by atoms with van der Waals surface area (Å²) in [7, 11) is 9.07. The minimum atomic E-state index is -0.159. The summed E-state index contributed by atoms with van der Waals surface area (Å²) in [6, 6.07) is 9.44. The monoisotopic (exact) mass is 496 g/mol. The maximum atomic E-state index is 10.3. The molecular formula is C26H28N2O8. The molecule has 190 valence electrons. The Bertz CT molecular complexity index is 1140. The van der Waals surface area contributed by atoms with Crippen LogP contribution in [0.15, 0.2) is 46.4 Å². The van der Waals surface area contributed by atoms with E-state index in [2.05, 4.69) is 9.98 Å². The van der Waals surface area contributed by atoms with E-state index in [1.54, 1.807) is 30.3 Å². The van der Waals surface area contributed by atoms with E-state index in [4.69, 9.17) is 28.4 Å². The zero-order valence-electron chi connectivity index (χ0n) is 20.9. The van der Waals surface area contributed by atoms with E-state index < -0.39 is 0 Å². The number of methoxy groups -OCH3 is 6. The molecule has 3 aromatic carbocycles. The van der Waals surface area contributed by atoms with Crippen molar-refractivity contribution in [3.63, 3.8) is 0 Å². The summed E-state index contributed by atoms with van der Waals surface area (Å²) < 4.78 is 32.0. The Morgan fingerprint density at radius 2 is 0.833 bits per heavy atom. The summed E-state index contributed by atoms with van der Waals surface area (Å²) in [5, 5.41) is 20.7. The highest BCUT2D eigenvalue weighted by atomic mass is 16.5. The first-order valence-electron chi connectivity index (χ1n) is 10.6. The molecule has 0 aliphatic carbocycles. The fourth-order valence-corrected chi connectivity index (χ4v) is 3.39. The molecule has 10 heteroatoms. The number of nitrogens with zero attached hydrogens (tertiary/aromatic N) is 2. The van der Waals surface area contributed by atoms with Crippen LogP contribution in [-0.2, 0) is 0 Å². The van der Waals surface area contributed by atoms with E-state index in [0.717, 1.165) is 0 Å². The summed E-state index contributed by atoms with van der Waals surface area (Å²) >= 11 is 0. The highest BCUT2D eigenvalue weighted by molar-refractivity contribution is 5.93. The second-order valence-corrected chi connectivity index (χ2v) is 7.25. The van der Waals surface area contributed by atoms with E-state index >= 15 is 0 Å². The molecule has 3 aromatic rings. The molecule has 0 atom stereocenters. The van der Waals surface area contributed by atoms with Crippen LogP contribution in [0.3, 0.4) is 0 Å². The molecule has 0 saturated carbocycles. The smallest absolute Gasteiger partial charge is 0.203 e. The fraction of sp³-hybridized carbons (Fsp3) is 0.231. The van der Waals surface area contributed by atoms with Crippen LogP contribution in [0, 0.1) is 0 Å². The summed E-state index contributed by atoms with van der Waals surface area (Å²) in [4.78, 5) is 8.82. The molecule has 0 spiro atoms. The van der Waals surface area contributed by atoms with Gasteiger partial charge in [-0.1, -0.05) is 0 Å². The zero-order valence-corrected chi connectivity index (χ0v) is 20.9. The van der Waals surface area contributed by atoms with Crippen LogP contribution >= 0.6 is 0 Å². The van der Waals surface area contributed by atoms with Crippen LogP contribution in [0.5, 0.6) is 46.0 Å². The third-order valence-electron chi connectivity index (χ3n) is 5.18. The molecule has 0 heterocycles. The van der Waals surface area contributed by atoms with Gasteiger partial charge in [-0.3, -0.25) is 9.98 Å². The fourth-order valence-electron chi connectivity index (χ4n) is 3.39. The van der Waals surface area contributed by atoms with Crippen molar-refractivity contribution in [2.75, 3.05) is 42.7 Å².